The molecule has 2 aliphatic heterocycles. The summed E-state index contributed by atoms with van der Waals surface area (Å²) in [6.07, 6.45) is 8.95. The number of hydrogen-bond acceptors (Lipinski definition) is 6. The van der Waals surface area contributed by atoms with Crippen LogP contribution < -0.4 is 9.64 Å². The van der Waals surface area contributed by atoms with Crippen molar-refractivity contribution < 1.29 is 13.9 Å². The largest absolute Gasteiger partial charge is 0.491 e. The van der Waals surface area contributed by atoms with Crippen LogP contribution >= 0.6 is 0 Å². The van der Waals surface area contributed by atoms with E-state index in [1.807, 2.05) is 12.1 Å². The second-order valence-corrected chi connectivity index (χ2v) is 6.71. The molecule has 0 spiro atoms. The molecule has 0 radical (unpaired) electrons. The minimum Gasteiger partial charge on any atom is -0.491 e. The van der Waals surface area contributed by atoms with Gasteiger partial charge in [-0.05, 0) is 31.4 Å². The highest BCUT2D eigenvalue weighted by Gasteiger charge is 2.47. The summed E-state index contributed by atoms with van der Waals surface area (Å²) in [6, 6.07) is 3.77. The van der Waals surface area contributed by atoms with Gasteiger partial charge in [-0.3, -0.25) is 4.98 Å². The Balaban J connectivity index is 1.53. The zero-order valence-electron chi connectivity index (χ0n) is 14.0. The molecule has 0 bridgehead atoms. The first kappa shape index (κ1) is 16.2. The summed E-state index contributed by atoms with van der Waals surface area (Å²) in [7, 11) is 0. The molecule has 2 aromatic rings. The van der Waals surface area contributed by atoms with Gasteiger partial charge in [0.15, 0.2) is 5.82 Å². The summed E-state index contributed by atoms with van der Waals surface area (Å²) < 4.78 is 25.2. The maximum absolute atomic E-state index is 13.1. The number of pyridine rings is 1. The van der Waals surface area contributed by atoms with Gasteiger partial charge in [0.25, 0.3) is 0 Å². The Labute approximate surface area is 146 Å². The van der Waals surface area contributed by atoms with E-state index in [-0.39, 0.29) is 11.5 Å². The van der Waals surface area contributed by atoms with Gasteiger partial charge in [0.05, 0.1) is 31.3 Å². The van der Waals surface area contributed by atoms with Gasteiger partial charge in [0, 0.05) is 31.3 Å². The van der Waals surface area contributed by atoms with Crippen LogP contribution in [0.3, 0.4) is 0 Å². The number of rotatable bonds is 4. The van der Waals surface area contributed by atoms with E-state index in [1.165, 1.54) is 12.4 Å². The lowest BCUT2D eigenvalue weighted by atomic mass is 9.73. The summed E-state index contributed by atoms with van der Waals surface area (Å²) in [5.41, 5.74) is -0.121. The summed E-state index contributed by atoms with van der Waals surface area (Å²) in [5, 5.41) is 0. The molecule has 0 saturated carbocycles. The maximum atomic E-state index is 13.1. The van der Waals surface area contributed by atoms with Crippen molar-refractivity contribution in [2.24, 2.45) is 5.41 Å². The van der Waals surface area contributed by atoms with Gasteiger partial charge >= 0.3 is 0 Å². The van der Waals surface area contributed by atoms with Crippen molar-refractivity contribution in [1.82, 2.24) is 15.0 Å². The van der Waals surface area contributed by atoms with Crippen LogP contribution in [-0.2, 0) is 4.74 Å². The molecule has 0 aliphatic carbocycles. The van der Waals surface area contributed by atoms with E-state index in [0.717, 1.165) is 44.7 Å². The fraction of sp³-hybridized carbons (Fsp3) is 0.500. The zero-order chi connectivity index (χ0) is 17.1. The molecule has 25 heavy (non-hydrogen) atoms. The molecule has 6 nitrogen and oxygen atoms in total. The number of aromatic nitrogens is 3. The van der Waals surface area contributed by atoms with Crippen molar-refractivity contribution in [3.05, 3.63) is 42.7 Å². The van der Waals surface area contributed by atoms with Gasteiger partial charge in [-0.15, -0.1) is 0 Å². The standard InChI is InChI=1S/C18H21FN4O2/c19-14-9-21-17(22-10-14)23-7-4-16-18(12-23,5-2-8-24-16)13-25-15-3-1-6-20-11-15/h1,3,6,9-11,16H,2,4-5,7-8,12-13H2/t16-,18+/m0/s1. The number of halogens is 1. The Hall–Kier alpha value is -2.28. The van der Waals surface area contributed by atoms with Crippen molar-refractivity contribution in [2.45, 2.75) is 25.4 Å². The second kappa shape index (κ2) is 6.92. The number of piperidine rings is 1. The summed E-state index contributed by atoms with van der Waals surface area (Å²) in [5.74, 6) is 0.900. The van der Waals surface area contributed by atoms with Gasteiger partial charge in [-0.1, -0.05) is 0 Å². The average Bonchev–Trinajstić information content (AvgIpc) is 2.67. The van der Waals surface area contributed by atoms with Crippen LogP contribution in [0.2, 0.25) is 0 Å². The molecular weight excluding hydrogens is 323 g/mol. The Kier molecular flexibility index (Phi) is 4.48. The SMILES string of the molecule is Fc1cnc(N2CC[C@@H]3OCCC[C@]3(COc3cccnc3)C2)nc1. The Morgan fingerprint density at radius 2 is 2.20 bits per heavy atom. The van der Waals surface area contributed by atoms with E-state index in [2.05, 4.69) is 19.9 Å². The Bertz CT molecular complexity index is 700. The number of hydrogen-bond donors (Lipinski definition) is 0. The molecule has 0 N–H and O–H groups in total. The molecule has 0 amide bonds. The molecule has 2 atom stereocenters. The number of anilines is 1. The van der Waals surface area contributed by atoms with E-state index >= 15 is 0 Å². The van der Waals surface area contributed by atoms with Gasteiger partial charge in [-0.25, -0.2) is 14.4 Å². The summed E-state index contributed by atoms with van der Waals surface area (Å²) in [6.45, 7) is 2.89. The van der Waals surface area contributed by atoms with E-state index < -0.39 is 5.82 Å². The molecule has 2 aromatic heterocycles. The molecule has 4 rings (SSSR count). The molecule has 2 fully saturated rings. The molecule has 2 aliphatic rings. The highest BCUT2D eigenvalue weighted by molar-refractivity contribution is 5.31. The highest BCUT2D eigenvalue weighted by atomic mass is 19.1. The third-order valence-corrected chi connectivity index (χ3v) is 5.04. The molecular formula is C18H21FN4O2. The van der Waals surface area contributed by atoms with Crippen molar-refractivity contribution >= 4 is 5.95 Å². The van der Waals surface area contributed by atoms with Crippen molar-refractivity contribution in [3.8, 4) is 5.75 Å². The predicted octanol–water partition coefficient (Wildman–Crippen LogP) is 2.47. The molecule has 0 unspecified atom stereocenters. The normalized spacial score (nSPS) is 26.1. The summed E-state index contributed by atoms with van der Waals surface area (Å²) in [4.78, 5) is 14.5. The van der Waals surface area contributed by atoms with E-state index in [9.17, 15) is 4.39 Å². The van der Waals surface area contributed by atoms with Gasteiger partial charge < -0.3 is 14.4 Å². The van der Waals surface area contributed by atoms with Crippen LogP contribution in [0.5, 0.6) is 5.75 Å². The van der Waals surface area contributed by atoms with Gasteiger partial charge in [-0.2, -0.15) is 0 Å². The van der Waals surface area contributed by atoms with E-state index in [4.69, 9.17) is 9.47 Å². The fourth-order valence-corrected chi connectivity index (χ4v) is 3.80. The third kappa shape index (κ3) is 3.42. The van der Waals surface area contributed by atoms with Crippen LogP contribution in [0.1, 0.15) is 19.3 Å². The third-order valence-electron chi connectivity index (χ3n) is 5.04. The van der Waals surface area contributed by atoms with Crippen molar-refractivity contribution in [1.29, 1.82) is 0 Å². The molecule has 2 saturated heterocycles. The molecule has 4 heterocycles. The van der Waals surface area contributed by atoms with E-state index in [1.54, 1.807) is 12.4 Å². The quantitative estimate of drug-likeness (QED) is 0.849. The fourth-order valence-electron chi connectivity index (χ4n) is 3.80. The van der Waals surface area contributed by atoms with Crippen LogP contribution in [0.25, 0.3) is 0 Å². The minimum absolute atomic E-state index is 0.121. The zero-order valence-corrected chi connectivity index (χ0v) is 14.0. The second-order valence-electron chi connectivity index (χ2n) is 6.71. The lowest BCUT2D eigenvalue weighted by Gasteiger charge is -2.50. The molecule has 0 aromatic carbocycles. The van der Waals surface area contributed by atoms with Crippen LogP contribution in [0.15, 0.2) is 36.9 Å². The monoisotopic (exact) mass is 344 g/mol. The van der Waals surface area contributed by atoms with Crippen LogP contribution in [-0.4, -0.2) is 47.4 Å². The Morgan fingerprint density at radius 1 is 1.32 bits per heavy atom. The molecule has 7 heteroatoms. The molecule has 132 valence electrons. The van der Waals surface area contributed by atoms with Gasteiger partial charge in [0.1, 0.15) is 5.75 Å². The number of nitrogens with zero attached hydrogens (tertiary/aromatic N) is 4. The van der Waals surface area contributed by atoms with Crippen LogP contribution in [0, 0.1) is 11.2 Å². The topological polar surface area (TPSA) is 60.4 Å². The summed E-state index contributed by atoms with van der Waals surface area (Å²) >= 11 is 0. The first-order valence-electron chi connectivity index (χ1n) is 8.62. The lowest BCUT2D eigenvalue weighted by molar-refractivity contribution is -0.110. The minimum atomic E-state index is -0.422. The number of fused-ring (bicyclic) bond motifs is 1. The average molecular weight is 344 g/mol. The van der Waals surface area contributed by atoms with Crippen LogP contribution in [0.4, 0.5) is 10.3 Å². The smallest absolute Gasteiger partial charge is 0.225 e. The Morgan fingerprint density at radius 3 is 3.00 bits per heavy atom. The predicted molar refractivity (Wildman–Crippen MR) is 90.0 cm³/mol. The van der Waals surface area contributed by atoms with Crippen molar-refractivity contribution in [3.63, 3.8) is 0 Å². The van der Waals surface area contributed by atoms with Crippen molar-refractivity contribution in [2.75, 3.05) is 31.2 Å². The first-order chi connectivity index (χ1) is 12.3. The van der Waals surface area contributed by atoms with Gasteiger partial charge in [0.2, 0.25) is 5.95 Å². The highest BCUT2D eigenvalue weighted by Crippen LogP contribution is 2.41. The first-order valence-corrected chi connectivity index (χ1v) is 8.62. The maximum Gasteiger partial charge on any atom is 0.225 e. The lowest BCUT2D eigenvalue weighted by Crippen LogP contribution is -2.57. The number of ether oxygens (including phenoxy) is 2. The van der Waals surface area contributed by atoms with E-state index in [0.29, 0.717) is 12.6 Å².